The fourth-order valence-electron chi connectivity index (χ4n) is 2.91. The maximum absolute atomic E-state index is 12.2. The number of fused-ring (bicyclic) bond motifs is 1. The Kier molecular flexibility index (Phi) is 3.82. The summed E-state index contributed by atoms with van der Waals surface area (Å²) in [7, 11) is 0. The van der Waals surface area contributed by atoms with E-state index in [4.69, 9.17) is 11.6 Å². The van der Waals surface area contributed by atoms with Crippen molar-refractivity contribution in [1.82, 2.24) is 4.98 Å². The molecule has 24 heavy (non-hydrogen) atoms. The van der Waals surface area contributed by atoms with E-state index in [2.05, 4.69) is 4.98 Å². The molecule has 1 atom stereocenters. The molecular formula is C18H13ClN2O2S. The molecule has 1 aliphatic heterocycles. The van der Waals surface area contributed by atoms with Gasteiger partial charge >= 0.3 is 0 Å². The minimum atomic E-state index is -0.451. The van der Waals surface area contributed by atoms with Gasteiger partial charge < -0.3 is 4.90 Å². The Morgan fingerprint density at radius 3 is 2.79 bits per heavy atom. The van der Waals surface area contributed by atoms with Crippen molar-refractivity contribution in [2.75, 3.05) is 11.4 Å². The molecule has 0 saturated carbocycles. The maximum atomic E-state index is 12.2. The third-order valence-corrected chi connectivity index (χ3v) is 5.54. The van der Waals surface area contributed by atoms with Crippen molar-refractivity contribution in [3.05, 3.63) is 48.5 Å². The summed E-state index contributed by atoms with van der Waals surface area (Å²) in [5.74, 6) is -0.499. The van der Waals surface area contributed by atoms with Gasteiger partial charge in [0.15, 0.2) is 0 Å². The first kappa shape index (κ1) is 15.3. The molecule has 0 radical (unpaired) electrons. The van der Waals surface area contributed by atoms with E-state index in [0.717, 1.165) is 26.5 Å². The summed E-state index contributed by atoms with van der Waals surface area (Å²) in [6, 6.07) is 15.7. The lowest BCUT2D eigenvalue weighted by Crippen LogP contribution is -2.25. The molecule has 120 valence electrons. The first-order valence-corrected chi connectivity index (χ1v) is 8.77. The van der Waals surface area contributed by atoms with Crippen LogP contribution in [0.3, 0.4) is 0 Å². The highest BCUT2D eigenvalue weighted by atomic mass is 35.5. The molecule has 1 saturated heterocycles. The van der Waals surface area contributed by atoms with E-state index < -0.39 is 11.2 Å². The van der Waals surface area contributed by atoms with Gasteiger partial charge in [0.05, 0.1) is 16.1 Å². The number of benzene rings is 2. The standard InChI is InChI=1S/C18H13ClN2O2S/c19-17(23)12-9-16(22)21(10-12)13-5-3-4-11(8-13)18-20-14-6-1-2-7-15(14)24-18/h1-8,12H,9-10H2/t12-/m0/s1. The Morgan fingerprint density at radius 1 is 1.21 bits per heavy atom. The van der Waals surface area contributed by atoms with Gasteiger partial charge in [0.25, 0.3) is 0 Å². The topological polar surface area (TPSA) is 50.3 Å². The maximum Gasteiger partial charge on any atom is 0.227 e. The summed E-state index contributed by atoms with van der Waals surface area (Å²) in [5.41, 5.74) is 2.70. The van der Waals surface area contributed by atoms with Crippen molar-refractivity contribution in [2.45, 2.75) is 6.42 Å². The van der Waals surface area contributed by atoms with E-state index in [0.29, 0.717) is 6.54 Å². The van der Waals surface area contributed by atoms with Crippen LogP contribution in [0.2, 0.25) is 0 Å². The third kappa shape index (κ3) is 2.70. The molecule has 0 unspecified atom stereocenters. The van der Waals surface area contributed by atoms with E-state index in [1.807, 2.05) is 48.5 Å². The zero-order valence-electron chi connectivity index (χ0n) is 12.6. The highest BCUT2D eigenvalue weighted by Gasteiger charge is 2.34. The Morgan fingerprint density at radius 2 is 2.04 bits per heavy atom. The normalized spacial score (nSPS) is 17.6. The van der Waals surface area contributed by atoms with Gasteiger partial charge in [0.2, 0.25) is 11.1 Å². The predicted molar refractivity (Wildman–Crippen MR) is 96.4 cm³/mol. The first-order chi connectivity index (χ1) is 11.6. The number of hydrogen-bond donors (Lipinski definition) is 0. The second kappa shape index (κ2) is 6.00. The number of amides is 1. The molecular weight excluding hydrogens is 344 g/mol. The fraction of sp³-hybridized carbons (Fsp3) is 0.167. The molecule has 6 heteroatoms. The van der Waals surface area contributed by atoms with Crippen molar-refractivity contribution in [2.24, 2.45) is 5.92 Å². The van der Waals surface area contributed by atoms with Gasteiger partial charge in [-0.2, -0.15) is 0 Å². The van der Waals surface area contributed by atoms with Crippen molar-refractivity contribution in [3.63, 3.8) is 0 Å². The van der Waals surface area contributed by atoms with Crippen LogP contribution in [-0.2, 0) is 9.59 Å². The number of nitrogens with zero attached hydrogens (tertiary/aromatic N) is 2. The number of carbonyl (C=O) groups excluding carboxylic acids is 2. The number of carbonyl (C=O) groups is 2. The second-order valence-corrected chi connectivity index (χ2v) is 7.15. The number of rotatable bonds is 3. The number of anilines is 1. The summed E-state index contributed by atoms with van der Waals surface area (Å²) in [4.78, 5) is 29.8. The van der Waals surface area contributed by atoms with E-state index in [1.165, 1.54) is 0 Å². The number of thiazole rings is 1. The lowest BCUT2D eigenvalue weighted by molar-refractivity contribution is -0.120. The molecule has 2 aromatic carbocycles. The number of halogens is 1. The minimum absolute atomic E-state index is 0.0737. The van der Waals surface area contributed by atoms with Crippen LogP contribution in [0.4, 0.5) is 5.69 Å². The molecule has 0 bridgehead atoms. The summed E-state index contributed by atoms with van der Waals surface area (Å²) in [5, 5.41) is 0.461. The molecule has 0 spiro atoms. The molecule has 1 aromatic heterocycles. The first-order valence-electron chi connectivity index (χ1n) is 7.57. The Hall–Kier alpha value is -2.24. The summed E-state index contributed by atoms with van der Waals surface area (Å²) >= 11 is 7.17. The van der Waals surface area contributed by atoms with Gasteiger partial charge in [-0.25, -0.2) is 4.98 Å². The van der Waals surface area contributed by atoms with Crippen molar-refractivity contribution >= 4 is 50.0 Å². The van der Waals surface area contributed by atoms with Crippen LogP contribution >= 0.6 is 22.9 Å². The summed E-state index contributed by atoms with van der Waals surface area (Å²) in [6.45, 7) is 0.338. The molecule has 4 rings (SSSR count). The highest BCUT2D eigenvalue weighted by molar-refractivity contribution is 7.21. The zero-order valence-corrected chi connectivity index (χ0v) is 14.2. The fourth-order valence-corrected chi connectivity index (χ4v) is 4.02. The predicted octanol–water partition coefficient (Wildman–Crippen LogP) is 4.08. The largest absolute Gasteiger partial charge is 0.312 e. The average molecular weight is 357 g/mol. The van der Waals surface area contributed by atoms with E-state index in [-0.39, 0.29) is 12.3 Å². The van der Waals surface area contributed by atoms with Gasteiger partial charge in [-0.15, -0.1) is 11.3 Å². The van der Waals surface area contributed by atoms with Crippen LogP contribution in [0.25, 0.3) is 20.8 Å². The molecule has 4 nitrogen and oxygen atoms in total. The number of aromatic nitrogens is 1. The minimum Gasteiger partial charge on any atom is -0.312 e. The molecule has 3 aromatic rings. The quantitative estimate of drug-likeness (QED) is 0.664. The molecule has 2 heterocycles. The lowest BCUT2D eigenvalue weighted by Gasteiger charge is -2.16. The van der Waals surface area contributed by atoms with Gasteiger partial charge in [0, 0.05) is 24.2 Å². The average Bonchev–Trinajstić information content (AvgIpc) is 3.18. The molecule has 1 fully saturated rings. The third-order valence-electron chi connectivity index (χ3n) is 4.14. The Balaban J connectivity index is 1.69. The second-order valence-electron chi connectivity index (χ2n) is 5.75. The van der Waals surface area contributed by atoms with Crippen LogP contribution in [0.5, 0.6) is 0 Å². The summed E-state index contributed by atoms with van der Waals surface area (Å²) < 4.78 is 1.13. The molecule has 0 N–H and O–H groups in total. The van der Waals surface area contributed by atoms with Crippen LogP contribution < -0.4 is 4.90 Å². The number of para-hydroxylation sites is 1. The van der Waals surface area contributed by atoms with Crippen molar-refractivity contribution in [1.29, 1.82) is 0 Å². The van der Waals surface area contributed by atoms with Gasteiger partial charge in [-0.1, -0.05) is 24.3 Å². The van der Waals surface area contributed by atoms with Gasteiger partial charge in [-0.05, 0) is 35.9 Å². The van der Waals surface area contributed by atoms with Gasteiger partial charge in [0.1, 0.15) is 5.01 Å². The van der Waals surface area contributed by atoms with Crippen LogP contribution in [-0.4, -0.2) is 22.7 Å². The Bertz CT molecular complexity index is 920. The molecule has 1 amide bonds. The summed E-state index contributed by atoms with van der Waals surface area (Å²) in [6.07, 6.45) is 0.174. The number of hydrogen-bond acceptors (Lipinski definition) is 4. The van der Waals surface area contributed by atoms with Crippen LogP contribution in [0.15, 0.2) is 48.5 Å². The molecule has 0 aliphatic carbocycles. The SMILES string of the molecule is O=C(Cl)[C@H]1CC(=O)N(c2cccc(-c3nc4ccccc4s3)c2)C1. The Labute approximate surface area is 147 Å². The van der Waals surface area contributed by atoms with Gasteiger partial charge in [-0.3, -0.25) is 9.59 Å². The van der Waals surface area contributed by atoms with Crippen molar-refractivity contribution < 1.29 is 9.59 Å². The van der Waals surface area contributed by atoms with Crippen molar-refractivity contribution in [3.8, 4) is 10.6 Å². The zero-order chi connectivity index (χ0) is 16.7. The smallest absolute Gasteiger partial charge is 0.227 e. The highest BCUT2D eigenvalue weighted by Crippen LogP contribution is 2.33. The lowest BCUT2D eigenvalue weighted by atomic mass is 10.1. The van der Waals surface area contributed by atoms with E-state index >= 15 is 0 Å². The van der Waals surface area contributed by atoms with Crippen LogP contribution in [0, 0.1) is 5.92 Å². The van der Waals surface area contributed by atoms with Crippen LogP contribution in [0.1, 0.15) is 6.42 Å². The van der Waals surface area contributed by atoms with E-state index in [9.17, 15) is 9.59 Å². The van der Waals surface area contributed by atoms with E-state index in [1.54, 1.807) is 16.2 Å². The molecule has 1 aliphatic rings. The monoisotopic (exact) mass is 356 g/mol.